The van der Waals surface area contributed by atoms with Crippen LogP contribution < -0.4 is 4.74 Å². The average molecular weight is 390 g/mol. The number of hydrogen-bond donors (Lipinski definition) is 0. The van der Waals surface area contributed by atoms with Gasteiger partial charge in [-0.15, -0.1) is 0 Å². The van der Waals surface area contributed by atoms with Crippen molar-refractivity contribution in [3.63, 3.8) is 0 Å². The molecule has 5 unspecified atom stereocenters. The van der Waals surface area contributed by atoms with Crippen molar-refractivity contribution in [2.24, 2.45) is 17.8 Å². The molecule has 0 saturated heterocycles. The Bertz CT molecular complexity index is 662. The summed E-state index contributed by atoms with van der Waals surface area (Å²) >= 11 is 0. The highest BCUT2D eigenvalue weighted by Crippen LogP contribution is 2.55. The second-order valence-corrected chi connectivity index (χ2v) is 7.95. The van der Waals surface area contributed by atoms with Crippen LogP contribution in [0.5, 0.6) is 5.75 Å². The maximum absolute atomic E-state index is 15.2. The van der Waals surface area contributed by atoms with Gasteiger partial charge >= 0.3 is 0 Å². The van der Waals surface area contributed by atoms with E-state index in [4.69, 9.17) is 4.74 Å². The Balaban J connectivity index is 1.84. The van der Waals surface area contributed by atoms with Crippen molar-refractivity contribution in [3.05, 3.63) is 29.3 Å². The predicted molar refractivity (Wildman–Crippen MR) is 94.0 cm³/mol. The molecule has 3 rings (SSSR count). The molecule has 5 atom stereocenters. The molecule has 0 N–H and O–H groups in total. The molecule has 2 saturated carbocycles. The van der Waals surface area contributed by atoms with Crippen molar-refractivity contribution in [3.8, 4) is 5.75 Å². The molecular formula is C21H27F5O. The second-order valence-electron chi connectivity index (χ2n) is 7.95. The van der Waals surface area contributed by atoms with Crippen LogP contribution in [0.4, 0.5) is 22.0 Å². The largest absolute Gasteiger partial charge is 0.491 e. The number of benzene rings is 1. The lowest BCUT2D eigenvalue weighted by atomic mass is 9.87. The number of alkyl halides is 3. The molecule has 0 aliphatic heterocycles. The van der Waals surface area contributed by atoms with Crippen LogP contribution in [-0.4, -0.2) is 18.7 Å². The first kappa shape index (κ1) is 20.4. The van der Waals surface area contributed by atoms with Crippen LogP contribution in [0.25, 0.3) is 0 Å². The molecule has 0 bridgehead atoms. The van der Waals surface area contributed by atoms with Gasteiger partial charge in [0.15, 0.2) is 11.6 Å². The van der Waals surface area contributed by atoms with Crippen molar-refractivity contribution < 1.29 is 26.7 Å². The van der Waals surface area contributed by atoms with Gasteiger partial charge in [-0.05, 0) is 56.1 Å². The molecule has 1 aromatic carbocycles. The summed E-state index contributed by atoms with van der Waals surface area (Å²) in [6.45, 7) is 3.71. The summed E-state index contributed by atoms with van der Waals surface area (Å²) in [6.07, 6.45) is 0.184. The predicted octanol–water partition coefficient (Wildman–Crippen LogP) is 6.66. The third-order valence-electron chi connectivity index (χ3n) is 6.36. The number of hydrogen-bond acceptors (Lipinski definition) is 1. The minimum absolute atomic E-state index is 0.0649. The molecule has 0 heterocycles. The van der Waals surface area contributed by atoms with Gasteiger partial charge in [-0.25, -0.2) is 17.6 Å². The van der Waals surface area contributed by atoms with E-state index in [1.54, 1.807) is 6.92 Å². The third kappa shape index (κ3) is 3.81. The standard InChI is InChI=1S/C21H27F5O/c1-3-5-13-7-6-12-10-15(18(22)16(12)11-21(13,25)26)14-8-9-17(27-4-2)20(24)19(14)23/h8-9,12-13,15-16,18H,3-7,10-11H2,1-2H3. The fourth-order valence-electron chi connectivity index (χ4n) is 5.01. The first-order chi connectivity index (χ1) is 12.8. The lowest BCUT2D eigenvalue weighted by Crippen LogP contribution is -2.31. The first-order valence-corrected chi connectivity index (χ1v) is 9.92. The first-order valence-electron chi connectivity index (χ1n) is 9.92. The van der Waals surface area contributed by atoms with Crippen LogP contribution in [0.2, 0.25) is 0 Å². The maximum atomic E-state index is 15.2. The summed E-state index contributed by atoms with van der Waals surface area (Å²) in [6, 6.07) is 2.63. The molecule has 1 aromatic rings. The van der Waals surface area contributed by atoms with Crippen molar-refractivity contribution >= 4 is 0 Å². The van der Waals surface area contributed by atoms with E-state index < -0.39 is 47.9 Å². The van der Waals surface area contributed by atoms with E-state index >= 15 is 4.39 Å². The highest BCUT2D eigenvalue weighted by atomic mass is 19.3. The summed E-state index contributed by atoms with van der Waals surface area (Å²) in [5.41, 5.74) is -0.0649. The van der Waals surface area contributed by atoms with Crippen LogP contribution >= 0.6 is 0 Å². The molecule has 1 nitrogen and oxygen atoms in total. The van der Waals surface area contributed by atoms with Gasteiger partial charge < -0.3 is 4.74 Å². The van der Waals surface area contributed by atoms with Crippen LogP contribution in [-0.2, 0) is 0 Å². The van der Waals surface area contributed by atoms with Crippen molar-refractivity contribution in [1.82, 2.24) is 0 Å². The number of ether oxygens (including phenoxy) is 1. The van der Waals surface area contributed by atoms with Gasteiger partial charge in [-0.1, -0.05) is 19.4 Å². The molecule has 27 heavy (non-hydrogen) atoms. The molecule has 2 fully saturated rings. The summed E-state index contributed by atoms with van der Waals surface area (Å²) in [5, 5.41) is 0. The second kappa shape index (κ2) is 7.96. The molecule has 0 radical (unpaired) electrons. The zero-order valence-corrected chi connectivity index (χ0v) is 15.8. The minimum Gasteiger partial charge on any atom is -0.491 e. The zero-order valence-electron chi connectivity index (χ0n) is 15.8. The van der Waals surface area contributed by atoms with Gasteiger partial charge in [-0.2, -0.15) is 4.39 Å². The topological polar surface area (TPSA) is 9.23 Å². The molecule has 2 aliphatic carbocycles. The van der Waals surface area contributed by atoms with E-state index in [2.05, 4.69) is 0 Å². The van der Waals surface area contributed by atoms with Gasteiger partial charge in [-0.3, -0.25) is 0 Å². The SMILES string of the molecule is CCCC1CCC2CC(c3ccc(OCC)c(F)c3F)C(F)C2CC1(F)F. The number of halogens is 5. The number of rotatable bonds is 5. The highest BCUT2D eigenvalue weighted by molar-refractivity contribution is 5.34. The fraction of sp³-hybridized carbons (Fsp3) is 0.714. The Labute approximate surface area is 157 Å². The lowest BCUT2D eigenvalue weighted by molar-refractivity contribution is -0.0809. The smallest absolute Gasteiger partial charge is 0.251 e. The Kier molecular flexibility index (Phi) is 6.02. The molecule has 2 aliphatic rings. The van der Waals surface area contributed by atoms with Crippen LogP contribution in [0.1, 0.15) is 63.9 Å². The molecule has 0 spiro atoms. The molecular weight excluding hydrogens is 363 g/mol. The molecule has 6 heteroatoms. The van der Waals surface area contributed by atoms with Crippen molar-refractivity contribution in [2.75, 3.05) is 6.61 Å². The van der Waals surface area contributed by atoms with E-state index in [1.807, 2.05) is 6.92 Å². The fourth-order valence-corrected chi connectivity index (χ4v) is 5.01. The Morgan fingerprint density at radius 2 is 1.85 bits per heavy atom. The quantitative estimate of drug-likeness (QED) is 0.511. The normalized spacial score (nSPS) is 32.8. The summed E-state index contributed by atoms with van der Waals surface area (Å²) in [4.78, 5) is 0. The van der Waals surface area contributed by atoms with Gasteiger partial charge in [0.25, 0.3) is 5.92 Å². The molecule has 152 valence electrons. The average Bonchev–Trinajstić information content (AvgIpc) is 2.84. The van der Waals surface area contributed by atoms with Crippen LogP contribution in [0.3, 0.4) is 0 Å². The van der Waals surface area contributed by atoms with E-state index in [9.17, 15) is 17.6 Å². The molecule has 0 amide bonds. The Morgan fingerprint density at radius 1 is 1.11 bits per heavy atom. The zero-order chi connectivity index (χ0) is 19.8. The van der Waals surface area contributed by atoms with Crippen molar-refractivity contribution in [2.45, 2.75) is 70.4 Å². The van der Waals surface area contributed by atoms with E-state index in [-0.39, 0.29) is 30.3 Å². The highest BCUT2D eigenvalue weighted by Gasteiger charge is 2.53. The summed E-state index contributed by atoms with van der Waals surface area (Å²) in [5.74, 6) is -8.00. The lowest BCUT2D eigenvalue weighted by Gasteiger charge is -2.27. The minimum atomic E-state index is -2.91. The Hall–Kier alpha value is -1.33. The number of fused-ring (bicyclic) bond motifs is 1. The van der Waals surface area contributed by atoms with Crippen molar-refractivity contribution in [1.29, 1.82) is 0 Å². The monoisotopic (exact) mass is 390 g/mol. The van der Waals surface area contributed by atoms with Gasteiger partial charge in [0.2, 0.25) is 5.82 Å². The van der Waals surface area contributed by atoms with Gasteiger partial charge in [0.1, 0.15) is 6.17 Å². The third-order valence-corrected chi connectivity index (χ3v) is 6.36. The van der Waals surface area contributed by atoms with E-state index in [0.29, 0.717) is 25.7 Å². The molecule has 0 aromatic heterocycles. The van der Waals surface area contributed by atoms with E-state index in [0.717, 1.165) is 0 Å². The van der Waals surface area contributed by atoms with E-state index in [1.165, 1.54) is 12.1 Å². The van der Waals surface area contributed by atoms with Crippen LogP contribution in [0.15, 0.2) is 12.1 Å². The maximum Gasteiger partial charge on any atom is 0.251 e. The van der Waals surface area contributed by atoms with Gasteiger partial charge in [0, 0.05) is 18.3 Å². The summed E-state index contributed by atoms with van der Waals surface area (Å²) < 4.78 is 78.1. The van der Waals surface area contributed by atoms with Gasteiger partial charge in [0.05, 0.1) is 6.61 Å². The van der Waals surface area contributed by atoms with Crippen LogP contribution in [0, 0.1) is 29.4 Å². The Morgan fingerprint density at radius 3 is 2.52 bits per heavy atom. The summed E-state index contributed by atoms with van der Waals surface area (Å²) in [7, 11) is 0.